The Morgan fingerprint density at radius 3 is 2.50 bits per heavy atom. The van der Waals surface area contributed by atoms with E-state index >= 15 is 0 Å². The van der Waals surface area contributed by atoms with E-state index in [-0.39, 0.29) is 23.6 Å². The molecule has 1 aliphatic heterocycles. The lowest BCUT2D eigenvalue weighted by Gasteiger charge is -2.35. The fourth-order valence-electron chi connectivity index (χ4n) is 4.85. The van der Waals surface area contributed by atoms with E-state index < -0.39 is 4.92 Å². The average molecular weight is 482 g/mol. The summed E-state index contributed by atoms with van der Waals surface area (Å²) in [6, 6.07) is 8.92. The molecular formula is C25H31N5O3S. The highest BCUT2D eigenvalue weighted by molar-refractivity contribution is 7.16. The second kappa shape index (κ2) is 9.72. The number of nitrogens with zero attached hydrogens (tertiary/aromatic N) is 4. The Morgan fingerprint density at radius 1 is 1.24 bits per heavy atom. The number of nitriles is 1. The highest BCUT2D eigenvalue weighted by atomic mass is 32.1. The van der Waals surface area contributed by atoms with Crippen LogP contribution >= 0.6 is 11.3 Å². The van der Waals surface area contributed by atoms with Crippen LogP contribution in [0.3, 0.4) is 0 Å². The maximum Gasteiger partial charge on any atom is 0.269 e. The number of benzene rings is 1. The van der Waals surface area contributed by atoms with Crippen LogP contribution in [0.1, 0.15) is 43.2 Å². The predicted molar refractivity (Wildman–Crippen MR) is 134 cm³/mol. The number of piperazine rings is 1. The Balaban J connectivity index is 1.33. The fraction of sp³-hybridized carbons (Fsp3) is 0.520. The van der Waals surface area contributed by atoms with E-state index in [0.717, 1.165) is 56.7 Å². The van der Waals surface area contributed by atoms with E-state index in [2.05, 4.69) is 42.0 Å². The van der Waals surface area contributed by atoms with Crippen LogP contribution < -0.4 is 10.2 Å². The van der Waals surface area contributed by atoms with E-state index in [0.29, 0.717) is 16.5 Å². The minimum absolute atomic E-state index is 0.0833. The molecule has 1 atom stereocenters. The number of hydrogen-bond donors (Lipinski definition) is 1. The van der Waals surface area contributed by atoms with Crippen LogP contribution in [0, 0.1) is 32.8 Å². The van der Waals surface area contributed by atoms with Gasteiger partial charge in [-0.25, -0.2) is 0 Å². The first-order chi connectivity index (χ1) is 16.2. The first-order valence-corrected chi connectivity index (χ1v) is 12.5. The zero-order chi connectivity index (χ0) is 24.5. The van der Waals surface area contributed by atoms with Gasteiger partial charge in [-0.15, -0.1) is 11.3 Å². The fourth-order valence-corrected chi connectivity index (χ4v) is 6.14. The van der Waals surface area contributed by atoms with Crippen LogP contribution in [-0.2, 0) is 17.6 Å². The maximum absolute atomic E-state index is 12.8. The molecular weight excluding hydrogens is 450 g/mol. The first-order valence-electron chi connectivity index (χ1n) is 11.7. The third-order valence-corrected chi connectivity index (χ3v) is 8.19. The van der Waals surface area contributed by atoms with E-state index in [1.165, 1.54) is 17.0 Å². The van der Waals surface area contributed by atoms with Gasteiger partial charge in [-0.2, -0.15) is 5.26 Å². The number of nitro benzene ring substituents is 1. The van der Waals surface area contributed by atoms with Crippen molar-refractivity contribution in [3.63, 3.8) is 0 Å². The van der Waals surface area contributed by atoms with Crippen molar-refractivity contribution in [2.75, 3.05) is 42.9 Å². The number of carbonyl (C=O) groups is 1. The van der Waals surface area contributed by atoms with Gasteiger partial charge < -0.3 is 10.2 Å². The molecule has 2 aromatic rings. The number of hydrogen-bond acceptors (Lipinski definition) is 7. The van der Waals surface area contributed by atoms with Gasteiger partial charge in [0.2, 0.25) is 5.91 Å². The van der Waals surface area contributed by atoms with Crippen LogP contribution in [-0.4, -0.2) is 48.5 Å². The molecule has 180 valence electrons. The summed E-state index contributed by atoms with van der Waals surface area (Å²) >= 11 is 1.57. The summed E-state index contributed by atoms with van der Waals surface area (Å²) in [4.78, 5) is 28.8. The Morgan fingerprint density at radius 2 is 1.91 bits per heavy atom. The number of nitrogens with one attached hydrogen (secondary N) is 1. The standard InChI is InChI=1S/C25H31N5O3S/c1-25(2,3)17-4-9-20-21(15-26)24(34-22(20)14-17)27-23(31)16-28-10-12-29(13-11-28)18-5-7-19(8-6-18)30(32)33/h5-8,17H,4,9-14,16H2,1-3H3,(H,27,31). The Hall–Kier alpha value is -2.96. The normalized spacial score (nSPS) is 18.8. The van der Waals surface area contributed by atoms with Crippen molar-refractivity contribution in [3.05, 3.63) is 50.4 Å². The number of fused-ring (bicyclic) bond motifs is 1. The molecule has 0 radical (unpaired) electrons. The van der Waals surface area contributed by atoms with Crippen molar-refractivity contribution in [3.8, 4) is 6.07 Å². The molecule has 1 amide bonds. The summed E-state index contributed by atoms with van der Waals surface area (Å²) in [5, 5.41) is 24.3. The SMILES string of the molecule is CC(C)(C)C1CCc2c(sc(NC(=O)CN3CCN(c4ccc([N+](=O)[O-])cc4)CC3)c2C#N)C1. The van der Waals surface area contributed by atoms with Gasteiger partial charge in [0.1, 0.15) is 11.1 Å². The van der Waals surface area contributed by atoms with Gasteiger partial charge in [0.25, 0.3) is 5.69 Å². The summed E-state index contributed by atoms with van der Waals surface area (Å²) in [5.74, 6) is 0.493. The lowest BCUT2D eigenvalue weighted by Crippen LogP contribution is -2.48. The van der Waals surface area contributed by atoms with Crippen molar-refractivity contribution in [1.82, 2.24) is 4.90 Å². The van der Waals surface area contributed by atoms with E-state index in [1.54, 1.807) is 23.5 Å². The van der Waals surface area contributed by atoms with Crippen LogP contribution in [0.4, 0.5) is 16.4 Å². The maximum atomic E-state index is 12.8. The molecule has 0 spiro atoms. The highest BCUT2D eigenvalue weighted by Gasteiger charge is 2.32. The molecule has 0 bridgehead atoms. The number of rotatable bonds is 5. The molecule has 1 fully saturated rings. The number of anilines is 2. The zero-order valence-corrected chi connectivity index (χ0v) is 20.8. The van der Waals surface area contributed by atoms with Crippen molar-refractivity contribution in [1.29, 1.82) is 5.26 Å². The summed E-state index contributed by atoms with van der Waals surface area (Å²) in [7, 11) is 0. The summed E-state index contributed by atoms with van der Waals surface area (Å²) in [5.41, 5.74) is 3.03. The molecule has 1 N–H and O–H groups in total. The number of amides is 1. The highest BCUT2D eigenvalue weighted by Crippen LogP contribution is 2.44. The minimum Gasteiger partial charge on any atom is -0.369 e. The van der Waals surface area contributed by atoms with Crippen molar-refractivity contribution >= 4 is 33.6 Å². The lowest BCUT2D eigenvalue weighted by atomic mass is 9.72. The largest absolute Gasteiger partial charge is 0.369 e. The zero-order valence-electron chi connectivity index (χ0n) is 20.0. The van der Waals surface area contributed by atoms with Gasteiger partial charge >= 0.3 is 0 Å². The molecule has 4 rings (SSSR count). The minimum atomic E-state index is -0.398. The van der Waals surface area contributed by atoms with Crippen molar-refractivity contribution in [2.24, 2.45) is 11.3 Å². The monoisotopic (exact) mass is 481 g/mol. The van der Waals surface area contributed by atoms with Crippen molar-refractivity contribution < 1.29 is 9.72 Å². The third-order valence-electron chi connectivity index (χ3n) is 7.02. The van der Waals surface area contributed by atoms with Crippen LogP contribution in [0.5, 0.6) is 0 Å². The Labute approximate surface area is 204 Å². The van der Waals surface area contributed by atoms with Gasteiger partial charge in [-0.3, -0.25) is 19.8 Å². The molecule has 1 saturated heterocycles. The molecule has 1 aliphatic carbocycles. The van der Waals surface area contributed by atoms with Crippen LogP contribution in [0.15, 0.2) is 24.3 Å². The number of non-ortho nitro benzene ring substituents is 1. The lowest BCUT2D eigenvalue weighted by molar-refractivity contribution is -0.384. The molecule has 9 heteroatoms. The molecule has 1 aromatic carbocycles. The second-order valence-corrected chi connectivity index (χ2v) is 11.3. The molecule has 34 heavy (non-hydrogen) atoms. The molecule has 2 heterocycles. The number of nitro groups is 1. The van der Waals surface area contributed by atoms with Gasteiger partial charge in [0.05, 0.1) is 17.0 Å². The summed E-state index contributed by atoms with van der Waals surface area (Å²) < 4.78 is 0. The number of thiophene rings is 1. The topological polar surface area (TPSA) is 103 Å². The van der Waals surface area contributed by atoms with Gasteiger partial charge in [0.15, 0.2) is 0 Å². The summed E-state index contributed by atoms with van der Waals surface area (Å²) in [6.45, 7) is 10.0. The van der Waals surface area contributed by atoms with Gasteiger partial charge in [0, 0.05) is 48.9 Å². The Bertz CT molecular complexity index is 1110. The molecule has 0 saturated carbocycles. The van der Waals surface area contributed by atoms with Crippen molar-refractivity contribution in [2.45, 2.75) is 40.0 Å². The second-order valence-electron chi connectivity index (χ2n) is 10.2. The Kier molecular flexibility index (Phi) is 6.91. The molecule has 8 nitrogen and oxygen atoms in total. The first kappa shape index (κ1) is 24.2. The van der Waals surface area contributed by atoms with E-state index in [4.69, 9.17) is 0 Å². The van der Waals surface area contributed by atoms with Gasteiger partial charge in [-0.1, -0.05) is 20.8 Å². The molecule has 2 aliphatic rings. The summed E-state index contributed by atoms with van der Waals surface area (Å²) in [6.07, 6.45) is 2.95. The third kappa shape index (κ3) is 5.24. The number of carbonyl (C=O) groups excluding carboxylic acids is 1. The van der Waals surface area contributed by atoms with E-state index in [9.17, 15) is 20.2 Å². The smallest absolute Gasteiger partial charge is 0.269 e. The van der Waals surface area contributed by atoms with Crippen LogP contribution in [0.2, 0.25) is 0 Å². The molecule has 1 unspecified atom stereocenters. The average Bonchev–Trinajstić information content (AvgIpc) is 3.15. The predicted octanol–water partition coefficient (Wildman–Crippen LogP) is 4.44. The van der Waals surface area contributed by atoms with Crippen LogP contribution in [0.25, 0.3) is 0 Å². The quantitative estimate of drug-likeness (QED) is 0.500. The molecule has 1 aromatic heterocycles. The van der Waals surface area contributed by atoms with Gasteiger partial charge in [-0.05, 0) is 48.3 Å². The van der Waals surface area contributed by atoms with E-state index in [1.807, 2.05) is 0 Å².